The highest BCUT2D eigenvalue weighted by Crippen LogP contribution is 2.43. The molecule has 0 saturated heterocycles. The maximum atomic E-state index is 12.5. The topological polar surface area (TPSA) is 70.5 Å². The van der Waals surface area contributed by atoms with E-state index in [2.05, 4.69) is 9.47 Å². The zero-order chi connectivity index (χ0) is 9.64. The van der Waals surface area contributed by atoms with Gasteiger partial charge in [0, 0.05) is 12.1 Å². The van der Waals surface area contributed by atoms with Crippen molar-refractivity contribution in [2.75, 3.05) is 11.5 Å². The third kappa shape index (κ3) is 2.45. The molecule has 0 radical (unpaired) electrons. The Balaban J connectivity index is 0.000000980. The fraction of sp³-hybridized carbons (Fsp3) is 0.143. The second-order valence-corrected chi connectivity index (χ2v) is 2.60. The number of fused-ring (bicyclic) bond motifs is 1. The van der Waals surface area contributed by atoms with Gasteiger partial charge in [-0.3, -0.25) is 0 Å². The molecule has 15 heavy (non-hydrogen) atoms. The summed E-state index contributed by atoms with van der Waals surface area (Å²) in [4.78, 5) is 0. The minimum absolute atomic E-state index is 0. The summed E-state index contributed by atoms with van der Waals surface area (Å²) in [6.45, 7) is 0. The molecule has 0 aromatic heterocycles. The molecular formula is C7H8Cl2F2N2O2. The van der Waals surface area contributed by atoms with Gasteiger partial charge < -0.3 is 20.9 Å². The Morgan fingerprint density at radius 3 is 1.60 bits per heavy atom. The molecule has 1 aromatic carbocycles. The Morgan fingerprint density at radius 1 is 0.933 bits per heavy atom. The Morgan fingerprint density at radius 2 is 1.27 bits per heavy atom. The SMILES string of the molecule is Cl.Cl.Nc1cc2c(cc1N)OC(F)(F)O2. The summed E-state index contributed by atoms with van der Waals surface area (Å²) in [6.07, 6.45) is -3.62. The van der Waals surface area contributed by atoms with Gasteiger partial charge >= 0.3 is 6.29 Å². The van der Waals surface area contributed by atoms with Crippen LogP contribution in [0.3, 0.4) is 0 Å². The molecule has 0 spiro atoms. The van der Waals surface area contributed by atoms with E-state index in [-0.39, 0.29) is 47.7 Å². The quantitative estimate of drug-likeness (QED) is 0.701. The largest absolute Gasteiger partial charge is 0.586 e. The van der Waals surface area contributed by atoms with Gasteiger partial charge in [0.15, 0.2) is 11.5 Å². The summed E-state index contributed by atoms with van der Waals surface area (Å²) in [6, 6.07) is 2.40. The molecule has 0 bridgehead atoms. The number of halogens is 4. The number of nitrogens with two attached hydrogens (primary N) is 2. The maximum Gasteiger partial charge on any atom is 0.586 e. The van der Waals surface area contributed by atoms with Crippen LogP contribution in [0.25, 0.3) is 0 Å². The second kappa shape index (κ2) is 4.16. The first kappa shape index (κ1) is 13.9. The van der Waals surface area contributed by atoms with Crippen molar-refractivity contribution in [3.05, 3.63) is 12.1 Å². The second-order valence-electron chi connectivity index (χ2n) is 2.60. The van der Waals surface area contributed by atoms with Crippen LogP contribution in [0.1, 0.15) is 0 Å². The summed E-state index contributed by atoms with van der Waals surface area (Å²) in [5.41, 5.74) is 11.1. The van der Waals surface area contributed by atoms with E-state index in [0.717, 1.165) is 0 Å². The van der Waals surface area contributed by atoms with Gasteiger partial charge in [-0.25, -0.2) is 0 Å². The normalized spacial score (nSPS) is 15.1. The lowest BCUT2D eigenvalue weighted by Gasteiger charge is -2.04. The molecule has 1 heterocycles. The fourth-order valence-electron chi connectivity index (χ4n) is 1.03. The molecule has 4 N–H and O–H groups in total. The number of alkyl halides is 2. The van der Waals surface area contributed by atoms with Gasteiger partial charge in [-0.2, -0.15) is 0 Å². The molecule has 1 aromatic rings. The number of ether oxygens (including phenoxy) is 2. The van der Waals surface area contributed by atoms with E-state index in [1.165, 1.54) is 12.1 Å². The molecule has 1 aliphatic heterocycles. The summed E-state index contributed by atoms with van der Waals surface area (Å²) >= 11 is 0. The number of nitrogen functional groups attached to an aromatic ring is 2. The Hall–Kier alpha value is -1.14. The van der Waals surface area contributed by atoms with Crippen molar-refractivity contribution in [1.82, 2.24) is 0 Å². The van der Waals surface area contributed by atoms with Crippen molar-refractivity contribution in [3.63, 3.8) is 0 Å². The van der Waals surface area contributed by atoms with E-state index in [4.69, 9.17) is 11.5 Å². The summed E-state index contributed by atoms with van der Waals surface area (Å²) in [5, 5.41) is 0. The highest BCUT2D eigenvalue weighted by atomic mass is 35.5. The highest BCUT2D eigenvalue weighted by molar-refractivity contribution is 5.85. The molecule has 0 unspecified atom stereocenters. The minimum Gasteiger partial charge on any atom is -0.397 e. The van der Waals surface area contributed by atoms with Gasteiger partial charge in [0.05, 0.1) is 11.4 Å². The van der Waals surface area contributed by atoms with E-state index in [1.807, 2.05) is 0 Å². The van der Waals surface area contributed by atoms with E-state index in [1.54, 1.807) is 0 Å². The molecule has 0 aliphatic carbocycles. The van der Waals surface area contributed by atoms with Crippen LogP contribution in [-0.2, 0) is 0 Å². The summed E-state index contributed by atoms with van der Waals surface area (Å²) in [7, 11) is 0. The Bertz CT molecular complexity index is 343. The molecule has 2 rings (SSSR count). The van der Waals surface area contributed by atoms with Crippen LogP contribution >= 0.6 is 24.8 Å². The lowest BCUT2D eigenvalue weighted by Crippen LogP contribution is -2.25. The first-order chi connectivity index (χ1) is 5.98. The lowest BCUT2D eigenvalue weighted by atomic mass is 10.2. The average molecular weight is 261 g/mol. The predicted octanol–water partition coefficient (Wildman–Crippen LogP) is 2.02. The molecular weight excluding hydrogens is 253 g/mol. The molecule has 86 valence electrons. The van der Waals surface area contributed by atoms with E-state index >= 15 is 0 Å². The van der Waals surface area contributed by atoms with Crippen LogP contribution in [0.2, 0.25) is 0 Å². The van der Waals surface area contributed by atoms with Gasteiger partial charge in [0.2, 0.25) is 0 Å². The van der Waals surface area contributed by atoms with Crippen LogP contribution in [0, 0.1) is 0 Å². The number of anilines is 2. The zero-order valence-electron chi connectivity index (χ0n) is 7.20. The van der Waals surface area contributed by atoms with Crippen molar-refractivity contribution in [1.29, 1.82) is 0 Å². The fourth-order valence-corrected chi connectivity index (χ4v) is 1.03. The minimum atomic E-state index is -3.62. The number of hydrogen-bond acceptors (Lipinski definition) is 4. The van der Waals surface area contributed by atoms with Crippen molar-refractivity contribution < 1.29 is 18.3 Å². The third-order valence-corrected chi connectivity index (χ3v) is 1.61. The first-order valence-electron chi connectivity index (χ1n) is 3.43. The predicted molar refractivity (Wildman–Crippen MR) is 56.0 cm³/mol. The van der Waals surface area contributed by atoms with E-state index < -0.39 is 6.29 Å². The van der Waals surface area contributed by atoms with Crippen molar-refractivity contribution in [3.8, 4) is 11.5 Å². The first-order valence-corrected chi connectivity index (χ1v) is 3.43. The highest BCUT2D eigenvalue weighted by Gasteiger charge is 2.43. The van der Waals surface area contributed by atoms with Crippen LogP contribution in [0.4, 0.5) is 20.2 Å². The number of rotatable bonds is 0. The van der Waals surface area contributed by atoms with Crippen LogP contribution in [0.5, 0.6) is 11.5 Å². The standard InChI is InChI=1S/C7H6F2N2O2.2ClH/c8-7(9)12-5-1-3(10)4(11)2-6(5)13-7;;/h1-2H,10-11H2;2*1H. The van der Waals surface area contributed by atoms with Gasteiger partial charge in [-0.1, -0.05) is 0 Å². The van der Waals surface area contributed by atoms with Crippen LogP contribution < -0.4 is 20.9 Å². The Labute approximate surface area is 96.3 Å². The van der Waals surface area contributed by atoms with Gasteiger partial charge in [-0.15, -0.1) is 33.6 Å². The molecule has 0 saturated carbocycles. The average Bonchev–Trinajstić information content (AvgIpc) is 2.24. The molecule has 0 fully saturated rings. The molecule has 4 nitrogen and oxygen atoms in total. The molecule has 1 aliphatic rings. The summed E-state index contributed by atoms with van der Waals surface area (Å²) in [5.74, 6) is -0.201. The van der Waals surface area contributed by atoms with E-state index in [0.29, 0.717) is 0 Å². The van der Waals surface area contributed by atoms with E-state index in [9.17, 15) is 8.78 Å². The number of benzene rings is 1. The van der Waals surface area contributed by atoms with Gasteiger partial charge in [-0.05, 0) is 0 Å². The molecule has 8 heteroatoms. The van der Waals surface area contributed by atoms with Gasteiger partial charge in [0.25, 0.3) is 0 Å². The molecule has 0 atom stereocenters. The van der Waals surface area contributed by atoms with Crippen molar-refractivity contribution in [2.45, 2.75) is 6.29 Å². The molecule has 0 amide bonds. The smallest absolute Gasteiger partial charge is 0.397 e. The van der Waals surface area contributed by atoms with Crippen molar-refractivity contribution in [2.24, 2.45) is 0 Å². The lowest BCUT2D eigenvalue weighted by molar-refractivity contribution is -0.286. The zero-order valence-corrected chi connectivity index (χ0v) is 8.83. The van der Waals surface area contributed by atoms with Gasteiger partial charge in [0.1, 0.15) is 0 Å². The van der Waals surface area contributed by atoms with Crippen LogP contribution in [-0.4, -0.2) is 6.29 Å². The maximum absolute atomic E-state index is 12.5. The third-order valence-electron chi connectivity index (χ3n) is 1.61. The number of hydrogen-bond donors (Lipinski definition) is 2. The Kier molecular flexibility index (Phi) is 3.84. The van der Waals surface area contributed by atoms with Crippen molar-refractivity contribution >= 4 is 36.2 Å². The van der Waals surface area contributed by atoms with Crippen LogP contribution in [0.15, 0.2) is 12.1 Å². The summed E-state index contributed by atoms with van der Waals surface area (Å²) < 4.78 is 33.2. The monoisotopic (exact) mass is 260 g/mol.